The third-order valence-corrected chi connectivity index (χ3v) is 5.39. The van der Waals surface area contributed by atoms with Gasteiger partial charge in [-0.1, -0.05) is 0 Å². The first-order valence-electron chi connectivity index (χ1n) is 6.42. The molecule has 0 spiro atoms. The maximum atomic E-state index is 12.3. The summed E-state index contributed by atoms with van der Waals surface area (Å²) in [7, 11) is -3.20. The lowest BCUT2D eigenvalue weighted by molar-refractivity contribution is -0.146. The van der Waals surface area contributed by atoms with Gasteiger partial charge in [-0.25, -0.2) is 8.42 Å². The van der Waals surface area contributed by atoms with E-state index >= 15 is 0 Å². The fraction of sp³-hybridized carbons (Fsp3) is 0.818. The Balaban J connectivity index is 2.11. The number of sulfone groups is 1. The molecule has 1 amide bonds. The zero-order valence-electron chi connectivity index (χ0n) is 10.9. The van der Waals surface area contributed by atoms with E-state index in [1.54, 1.807) is 0 Å². The molecule has 3 N–H and O–H groups in total. The molecular weight excluding hydrogens is 288 g/mol. The lowest BCUT2D eigenvalue weighted by Crippen LogP contribution is -2.50. The van der Waals surface area contributed by atoms with Crippen molar-refractivity contribution in [2.75, 3.05) is 24.6 Å². The Kier molecular flexibility index (Phi) is 4.31. The van der Waals surface area contributed by atoms with Crippen LogP contribution in [-0.4, -0.2) is 78.2 Å². The first-order valence-corrected chi connectivity index (χ1v) is 8.25. The lowest BCUT2D eigenvalue weighted by atomic mass is 10.1. The highest BCUT2D eigenvalue weighted by Crippen LogP contribution is 2.20. The van der Waals surface area contributed by atoms with Crippen molar-refractivity contribution in [1.29, 1.82) is 0 Å². The molecule has 3 atom stereocenters. The topological polar surface area (TPSA) is 124 Å². The number of carboxylic acids is 1. The minimum absolute atomic E-state index is 0.0260. The number of rotatable bonds is 4. The average molecular weight is 306 g/mol. The zero-order chi connectivity index (χ0) is 14.9. The average Bonchev–Trinajstić information content (AvgIpc) is 2.91. The van der Waals surface area contributed by atoms with E-state index in [4.69, 9.17) is 5.11 Å². The molecule has 2 aliphatic rings. The molecule has 0 bridgehead atoms. The van der Waals surface area contributed by atoms with E-state index in [0.29, 0.717) is 0 Å². The number of aliphatic hydroxyl groups excluding tert-OH is 1. The van der Waals surface area contributed by atoms with Gasteiger partial charge in [-0.15, -0.1) is 0 Å². The number of nitrogens with zero attached hydrogens (tertiary/aromatic N) is 1. The van der Waals surface area contributed by atoms with Gasteiger partial charge in [-0.2, -0.15) is 0 Å². The number of hydrogen-bond acceptors (Lipinski definition) is 6. The smallest absolute Gasteiger partial charge is 0.323 e. The molecule has 0 aromatic carbocycles. The Morgan fingerprint density at radius 2 is 2.05 bits per heavy atom. The summed E-state index contributed by atoms with van der Waals surface area (Å²) in [4.78, 5) is 24.3. The summed E-state index contributed by atoms with van der Waals surface area (Å²) in [5, 5.41) is 21.1. The minimum atomic E-state index is -3.20. The van der Waals surface area contributed by atoms with Crippen LogP contribution in [0.4, 0.5) is 0 Å². The van der Waals surface area contributed by atoms with Crippen molar-refractivity contribution >= 4 is 21.7 Å². The standard InChI is InChI=1S/C11H18N2O6S/c14-8-3-9(12-4-8)11(17)13(5-10(15)16)7-1-2-20(18,19)6-7/h7-9,12,14H,1-6H2,(H,15,16). The molecule has 3 unspecified atom stereocenters. The van der Waals surface area contributed by atoms with Crippen LogP contribution in [0.2, 0.25) is 0 Å². The molecule has 2 heterocycles. The monoisotopic (exact) mass is 306 g/mol. The van der Waals surface area contributed by atoms with Crippen molar-refractivity contribution in [3.63, 3.8) is 0 Å². The predicted molar refractivity (Wildman–Crippen MR) is 68.8 cm³/mol. The first kappa shape index (κ1) is 15.2. The van der Waals surface area contributed by atoms with Gasteiger partial charge in [0.2, 0.25) is 5.91 Å². The van der Waals surface area contributed by atoms with Crippen LogP contribution >= 0.6 is 0 Å². The van der Waals surface area contributed by atoms with Crippen LogP contribution in [-0.2, 0) is 19.4 Å². The highest BCUT2D eigenvalue weighted by atomic mass is 32.2. The van der Waals surface area contributed by atoms with Gasteiger partial charge in [0.05, 0.1) is 23.7 Å². The quantitative estimate of drug-likeness (QED) is 0.539. The van der Waals surface area contributed by atoms with E-state index in [2.05, 4.69) is 5.32 Å². The number of aliphatic carboxylic acids is 1. The number of nitrogens with one attached hydrogen (secondary N) is 1. The van der Waals surface area contributed by atoms with Crippen LogP contribution in [0.5, 0.6) is 0 Å². The van der Waals surface area contributed by atoms with Crippen LogP contribution in [0.1, 0.15) is 12.8 Å². The number of hydrogen-bond donors (Lipinski definition) is 3. The van der Waals surface area contributed by atoms with Gasteiger partial charge < -0.3 is 20.4 Å². The molecule has 0 aliphatic carbocycles. The maximum Gasteiger partial charge on any atom is 0.323 e. The predicted octanol–water partition coefficient (Wildman–Crippen LogP) is -2.19. The van der Waals surface area contributed by atoms with E-state index in [0.717, 1.165) is 4.90 Å². The van der Waals surface area contributed by atoms with Crippen LogP contribution in [0.25, 0.3) is 0 Å². The molecule has 2 rings (SSSR count). The summed E-state index contributed by atoms with van der Waals surface area (Å²) in [5.74, 6) is -1.85. The van der Waals surface area contributed by atoms with Crippen molar-refractivity contribution in [2.24, 2.45) is 0 Å². The Labute approximate surface area is 116 Å². The van der Waals surface area contributed by atoms with Gasteiger partial charge in [-0.3, -0.25) is 9.59 Å². The summed E-state index contributed by atoms with van der Waals surface area (Å²) in [5.41, 5.74) is 0. The van der Waals surface area contributed by atoms with Crippen molar-refractivity contribution in [3.8, 4) is 0 Å². The molecule has 2 aliphatic heterocycles. The number of carbonyl (C=O) groups is 2. The summed E-state index contributed by atoms with van der Waals surface area (Å²) in [6.45, 7) is -0.242. The molecule has 0 radical (unpaired) electrons. The normalized spacial score (nSPS) is 32.1. The molecule has 9 heteroatoms. The van der Waals surface area contributed by atoms with Gasteiger partial charge in [-0.05, 0) is 12.8 Å². The molecule has 0 aromatic heterocycles. The third-order valence-electron chi connectivity index (χ3n) is 3.64. The first-order chi connectivity index (χ1) is 9.28. The highest BCUT2D eigenvalue weighted by molar-refractivity contribution is 7.91. The molecular formula is C11H18N2O6S. The Morgan fingerprint density at radius 3 is 2.50 bits per heavy atom. The molecule has 0 aromatic rings. The van der Waals surface area contributed by atoms with Crippen LogP contribution < -0.4 is 5.32 Å². The number of aliphatic hydroxyl groups is 1. The Hall–Kier alpha value is -1.19. The highest BCUT2D eigenvalue weighted by Gasteiger charge is 2.39. The van der Waals surface area contributed by atoms with E-state index in [1.165, 1.54) is 0 Å². The fourth-order valence-electron chi connectivity index (χ4n) is 2.66. The third kappa shape index (κ3) is 3.47. The van der Waals surface area contributed by atoms with E-state index in [1.807, 2.05) is 0 Å². The number of carboxylic acid groups (broad SMARTS) is 1. The second-order valence-electron chi connectivity index (χ2n) is 5.27. The SMILES string of the molecule is O=C(O)CN(C(=O)C1CC(O)CN1)C1CCS(=O)(=O)C1. The fourth-order valence-corrected chi connectivity index (χ4v) is 4.39. The Bertz CT molecular complexity index is 505. The van der Waals surface area contributed by atoms with Gasteiger partial charge in [0.25, 0.3) is 0 Å². The van der Waals surface area contributed by atoms with E-state index < -0.39 is 46.4 Å². The summed E-state index contributed by atoms with van der Waals surface area (Å²) >= 11 is 0. The number of carbonyl (C=O) groups excluding carboxylic acids is 1. The van der Waals surface area contributed by atoms with Crippen LogP contribution in [0, 0.1) is 0 Å². The summed E-state index contributed by atoms with van der Waals surface area (Å²) in [6, 6.07) is -1.24. The van der Waals surface area contributed by atoms with Crippen molar-refractivity contribution in [1.82, 2.24) is 10.2 Å². The summed E-state index contributed by atoms with van der Waals surface area (Å²) < 4.78 is 23.0. The molecule has 114 valence electrons. The largest absolute Gasteiger partial charge is 0.480 e. The molecule has 20 heavy (non-hydrogen) atoms. The minimum Gasteiger partial charge on any atom is -0.480 e. The number of amides is 1. The van der Waals surface area contributed by atoms with Crippen LogP contribution in [0.15, 0.2) is 0 Å². The zero-order valence-corrected chi connectivity index (χ0v) is 11.7. The van der Waals surface area contributed by atoms with Gasteiger partial charge in [0.1, 0.15) is 6.54 Å². The maximum absolute atomic E-state index is 12.3. The van der Waals surface area contributed by atoms with Crippen molar-refractivity contribution in [2.45, 2.75) is 31.0 Å². The van der Waals surface area contributed by atoms with Gasteiger partial charge in [0.15, 0.2) is 9.84 Å². The van der Waals surface area contributed by atoms with Crippen LogP contribution in [0.3, 0.4) is 0 Å². The molecule has 0 saturated carbocycles. The molecule has 8 nitrogen and oxygen atoms in total. The van der Waals surface area contributed by atoms with E-state index in [9.17, 15) is 23.1 Å². The second-order valence-corrected chi connectivity index (χ2v) is 7.50. The lowest BCUT2D eigenvalue weighted by Gasteiger charge is -2.29. The van der Waals surface area contributed by atoms with E-state index in [-0.39, 0.29) is 30.9 Å². The second kappa shape index (κ2) is 5.66. The van der Waals surface area contributed by atoms with Crippen molar-refractivity contribution in [3.05, 3.63) is 0 Å². The van der Waals surface area contributed by atoms with Gasteiger partial charge in [0, 0.05) is 12.6 Å². The van der Waals surface area contributed by atoms with Crippen molar-refractivity contribution < 1.29 is 28.2 Å². The molecule has 2 fully saturated rings. The van der Waals surface area contributed by atoms with Gasteiger partial charge >= 0.3 is 5.97 Å². The summed E-state index contributed by atoms with van der Waals surface area (Å²) in [6.07, 6.45) is -0.159. The number of β-amino-alcohol motifs (C(OH)–C–C–N with tert-alkyl or cyclic N) is 1. The Morgan fingerprint density at radius 1 is 1.35 bits per heavy atom. The molecule has 2 saturated heterocycles.